The van der Waals surface area contributed by atoms with Gasteiger partial charge in [0.2, 0.25) is 0 Å². The van der Waals surface area contributed by atoms with E-state index >= 15 is 0 Å². The van der Waals surface area contributed by atoms with Gasteiger partial charge in [-0.05, 0) is 85.3 Å². The topological polar surface area (TPSA) is 73.6 Å². The Morgan fingerprint density at radius 2 is 1.74 bits per heavy atom. The molecule has 0 saturated heterocycles. The van der Waals surface area contributed by atoms with E-state index in [2.05, 4.69) is 23.7 Å². The highest BCUT2D eigenvalue weighted by Gasteiger charge is 2.33. The van der Waals surface area contributed by atoms with Crippen molar-refractivity contribution >= 4 is 17.7 Å². The number of ether oxygens (including phenoxy) is 2. The zero-order chi connectivity index (χ0) is 30.7. The van der Waals surface area contributed by atoms with Crippen LogP contribution in [0.25, 0.3) is 5.69 Å². The molecule has 10 heteroatoms. The molecule has 0 fully saturated rings. The molecule has 4 aromatic rings. The first-order valence-corrected chi connectivity index (χ1v) is 14.2. The highest BCUT2D eigenvalue weighted by atomic mass is 32.2. The van der Waals surface area contributed by atoms with Gasteiger partial charge in [0.25, 0.3) is 0 Å². The quantitative estimate of drug-likeness (QED) is 0.175. The number of alkyl halides is 3. The van der Waals surface area contributed by atoms with Crippen LogP contribution in [0.2, 0.25) is 0 Å². The van der Waals surface area contributed by atoms with Gasteiger partial charge in [0.1, 0.15) is 18.0 Å². The molecular formula is C32H33F3N2O4S. The maximum Gasteiger partial charge on any atom is 0.573 e. The van der Waals surface area contributed by atoms with Crippen molar-refractivity contribution in [2.24, 2.45) is 0 Å². The summed E-state index contributed by atoms with van der Waals surface area (Å²) in [5.74, 6) is -0.523. The summed E-state index contributed by atoms with van der Waals surface area (Å²) in [6.07, 6.45) is -3.20. The highest BCUT2D eigenvalue weighted by Crippen LogP contribution is 2.43. The Morgan fingerprint density at radius 1 is 1.05 bits per heavy atom. The van der Waals surface area contributed by atoms with Crippen LogP contribution < -0.4 is 9.47 Å². The van der Waals surface area contributed by atoms with E-state index in [1.165, 1.54) is 22.9 Å². The van der Waals surface area contributed by atoms with Gasteiger partial charge in [-0.3, -0.25) is 4.79 Å². The average molecular weight is 599 g/mol. The van der Waals surface area contributed by atoms with Crippen molar-refractivity contribution in [3.8, 4) is 17.2 Å². The zero-order valence-corrected chi connectivity index (χ0v) is 24.8. The molecule has 0 unspecified atom stereocenters. The summed E-state index contributed by atoms with van der Waals surface area (Å²) in [6, 6.07) is 19.3. The molecule has 6 nitrogen and oxygen atoms in total. The molecule has 1 heterocycles. The predicted molar refractivity (Wildman–Crippen MR) is 157 cm³/mol. The molecule has 4 rings (SSSR count). The van der Waals surface area contributed by atoms with Crippen LogP contribution in [-0.2, 0) is 22.6 Å². The van der Waals surface area contributed by atoms with Crippen molar-refractivity contribution in [3.05, 3.63) is 101 Å². The molecule has 222 valence electrons. The van der Waals surface area contributed by atoms with Gasteiger partial charge in [-0.1, -0.05) is 44.2 Å². The first-order chi connectivity index (χ1) is 19.7. The maximum atomic E-state index is 13.1. The van der Waals surface area contributed by atoms with Gasteiger partial charge in [-0.15, -0.1) is 24.9 Å². The molecule has 1 aromatic heterocycles. The third-order valence-electron chi connectivity index (χ3n) is 6.72. The number of hydrogen-bond acceptors (Lipinski definition) is 5. The van der Waals surface area contributed by atoms with E-state index in [0.29, 0.717) is 11.4 Å². The minimum absolute atomic E-state index is 0.0117. The molecule has 42 heavy (non-hydrogen) atoms. The number of aryl methyl sites for hydroxylation is 1. The lowest BCUT2D eigenvalue weighted by molar-refractivity contribution is -0.274. The molecule has 3 aromatic carbocycles. The average Bonchev–Trinajstić information content (AvgIpc) is 3.31. The number of hydrogen-bond donors (Lipinski definition) is 1. The molecule has 0 spiro atoms. The number of benzene rings is 3. The monoisotopic (exact) mass is 598 g/mol. The van der Waals surface area contributed by atoms with Crippen molar-refractivity contribution in [1.29, 1.82) is 0 Å². The van der Waals surface area contributed by atoms with E-state index in [1.807, 2.05) is 63.2 Å². The van der Waals surface area contributed by atoms with Crippen LogP contribution in [0, 0.1) is 6.92 Å². The second-order valence-corrected chi connectivity index (χ2v) is 12.4. The largest absolute Gasteiger partial charge is 0.573 e. The summed E-state index contributed by atoms with van der Waals surface area (Å²) in [7, 11) is 0. The third-order valence-corrected chi connectivity index (χ3v) is 7.95. The van der Waals surface area contributed by atoms with E-state index < -0.39 is 12.3 Å². The van der Waals surface area contributed by atoms with E-state index in [9.17, 15) is 18.0 Å². The van der Waals surface area contributed by atoms with Crippen molar-refractivity contribution in [1.82, 2.24) is 9.78 Å². The molecular weight excluding hydrogens is 565 g/mol. The number of carboxylic acid groups (broad SMARTS) is 1. The first-order valence-electron chi connectivity index (χ1n) is 13.4. The van der Waals surface area contributed by atoms with Gasteiger partial charge >= 0.3 is 12.3 Å². The summed E-state index contributed by atoms with van der Waals surface area (Å²) < 4.78 is 50.8. The number of nitrogens with zero attached hydrogens (tertiary/aromatic N) is 2. The minimum atomic E-state index is -4.84. The molecule has 0 saturated carbocycles. The van der Waals surface area contributed by atoms with E-state index in [1.54, 1.807) is 24.0 Å². The summed E-state index contributed by atoms with van der Waals surface area (Å²) in [5, 5.41) is 13.4. The van der Waals surface area contributed by atoms with Crippen LogP contribution in [0.15, 0.2) is 77.8 Å². The molecule has 1 N–H and O–H groups in total. The van der Waals surface area contributed by atoms with Crippen LogP contribution in [-0.4, -0.2) is 27.2 Å². The molecule has 0 atom stereocenters. The van der Waals surface area contributed by atoms with E-state index in [-0.39, 0.29) is 35.1 Å². The summed E-state index contributed by atoms with van der Waals surface area (Å²) >= 11 is 1.68. The van der Waals surface area contributed by atoms with Gasteiger partial charge in [-0.25, -0.2) is 4.68 Å². The second kappa shape index (κ2) is 12.5. The van der Waals surface area contributed by atoms with E-state index in [0.717, 1.165) is 27.1 Å². The van der Waals surface area contributed by atoms with Crippen molar-refractivity contribution in [2.75, 3.05) is 0 Å². The third kappa shape index (κ3) is 7.67. The fourth-order valence-electron chi connectivity index (χ4n) is 4.82. The number of rotatable bonds is 11. The number of carboxylic acids is 1. The maximum absolute atomic E-state index is 13.1. The van der Waals surface area contributed by atoms with Crippen LogP contribution >= 0.6 is 11.8 Å². The lowest BCUT2D eigenvalue weighted by atomic mass is 9.97. The Bertz CT molecular complexity index is 1550. The van der Waals surface area contributed by atoms with Gasteiger partial charge < -0.3 is 14.6 Å². The van der Waals surface area contributed by atoms with Crippen LogP contribution in [0.3, 0.4) is 0 Å². The van der Waals surface area contributed by atoms with Crippen molar-refractivity contribution in [2.45, 2.75) is 69.6 Å². The summed E-state index contributed by atoms with van der Waals surface area (Å²) in [4.78, 5) is 12.0. The number of thioether (sulfide) groups is 1. The first kappa shape index (κ1) is 31.0. The Hall–Kier alpha value is -3.92. The highest BCUT2D eigenvalue weighted by molar-refractivity contribution is 8.00. The number of aliphatic carboxylic acids is 1. The number of para-hydroxylation sites is 2. The van der Waals surface area contributed by atoms with Crippen molar-refractivity contribution < 1.29 is 32.5 Å². The molecule has 0 amide bonds. The fourth-order valence-corrected chi connectivity index (χ4v) is 6.02. The fraction of sp³-hybridized carbons (Fsp3) is 0.312. The smallest absolute Gasteiger partial charge is 0.487 e. The van der Waals surface area contributed by atoms with Crippen molar-refractivity contribution in [3.63, 3.8) is 0 Å². The van der Waals surface area contributed by atoms with Gasteiger partial charge in [0.05, 0.1) is 18.3 Å². The van der Waals surface area contributed by atoms with Gasteiger partial charge in [0.15, 0.2) is 5.75 Å². The molecule has 0 aliphatic rings. The van der Waals surface area contributed by atoms with Gasteiger partial charge in [0, 0.05) is 9.64 Å². The molecule has 0 radical (unpaired) electrons. The van der Waals surface area contributed by atoms with E-state index in [4.69, 9.17) is 9.84 Å². The lowest BCUT2D eigenvalue weighted by Crippen LogP contribution is -2.19. The normalized spacial score (nSPS) is 12.0. The van der Waals surface area contributed by atoms with Gasteiger partial charge in [-0.2, -0.15) is 5.10 Å². The molecule has 0 aliphatic heterocycles. The summed E-state index contributed by atoms with van der Waals surface area (Å²) in [5.41, 5.74) is 4.54. The second-order valence-electron chi connectivity index (χ2n) is 10.7. The number of aromatic nitrogens is 2. The number of carbonyl (C=O) groups is 1. The Kier molecular flexibility index (Phi) is 9.25. The SMILES string of the molecule is Cc1cc(OCc2c(C(C)C)cnn2-c2ccccc2OC(F)(F)F)ccc1C(C)(C)Sc1ccc(CC(=O)O)cc1. The lowest BCUT2D eigenvalue weighted by Gasteiger charge is -2.27. The van der Waals surface area contributed by atoms with Crippen LogP contribution in [0.5, 0.6) is 11.5 Å². The minimum Gasteiger partial charge on any atom is -0.487 e. The van der Waals surface area contributed by atoms with Crippen LogP contribution in [0.1, 0.15) is 61.6 Å². The number of halogens is 3. The standard InChI is InChI=1S/C32H33F3N2O4S/c1-20(2)25-18-36-37(27-8-6-7-9-29(27)41-32(33,34)35)28(25)19-40-23-12-15-26(21(3)16-23)31(4,5)42-24-13-10-22(11-14-24)17-30(38)39/h6-16,18,20H,17,19H2,1-5H3,(H,38,39). The Morgan fingerprint density at radius 3 is 2.36 bits per heavy atom. The Balaban J connectivity index is 1.54. The molecule has 0 bridgehead atoms. The summed E-state index contributed by atoms with van der Waals surface area (Å²) in [6.45, 7) is 10.3. The predicted octanol–water partition coefficient (Wildman–Crippen LogP) is 8.44. The molecule has 0 aliphatic carbocycles. The zero-order valence-electron chi connectivity index (χ0n) is 24.0. The Labute approximate surface area is 247 Å². The van der Waals surface area contributed by atoms with Crippen LogP contribution in [0.4, 0.5) is 13.2 Å².